The third-order valence-corrected chi connectivity index (χ3v) is 4.05. The molecule has 1 aromatic carbocycles. The number of rotatable bonds is 0. The number of hydrogen-bond acceptors (Lipinski definition) is 3. The summed E-state index contributed by atoms with van der Waals surface area (Å²) in [6.07, 6.45) is 7.42. The number of imidazole rings is 2. The van der Waals surface area contributed by atoms with Gasteiger partial charge < -0.3 is 4.57 Å². The number of pyridine rings is 2. The molecule has 4 aromatic heterocycles. The lowest BCUT2D eigenvalue weighted by Crippen LogP contribution is -1.93. The van der Waals surface area contributed by atoms with Gasteiger partial charge in [-0.15, -0.1) is 0 Å². The third-order valence-electron chi connectivity index (χ3n) is 4.05. The zero-order valence-corrected chi connectivity index (χ0v) is 11.4. The molecule has 0 bridgehead atoms. The highest BCUT2D eigenvalue weighted by atomic mass is 15.0. The third kappa shape index (κ3) is 1.27. The number of aromatic nitrogens is 5. The largest absolute Gasteiger partial charge is 0.334 e. The van der Waals surface area contributed by atoms with Gasteiger partial charge in [0.2, 0.25) is 0 Å². The van der Waals surface area contributed by atoms with Crippen molar-refractivity contribution in [2.45, 2.75) is 0 Å². The van der Waals surface area contributed by atoms with Crippen molar-refractivity contribution in [1.29, 1.82) is 0 Å². The molecule has 0 saturated heterocycles. The minimum Gasteiger partial charge on any atom is -0.334 e. The zero-order chi connectivity index (χ0) is 14.0. The summed E-state index contributed by atoms with van der Waals surface area (Å²) in [7, 11) is 2.01. The van der Waals surface area contributed by atoms with Crippen molar-refractivity contribution in [3.8, 4) is 0 Å². The summed E-state index contributed by atoms with van der Waals surface area (Å²) in [5.74, 6) is 0. The molecule has 0 atom stereocenters. The van der Waals surface area contributed by atoms with E-state index in [4.69, 9.17) is 0 Å². The molecule has 5 nitrogen and oxygen atoms in total. The number of fused-ring (bicyclic) bond motifs is 7. The van der Waals surface area contributed by atoms with E-state index >= 15 is 0 Å². The van der Waals surface area contributed by atoms with Crippen molar-refractivity contribution in [3.05, 3.63) is 49.2 Å². The second-order valence-electron chi connectivity index (χ2n) is 5.24. The Morgan fingerprint density at radius 3 is 2.71 bits per heavy atom. The van der Waals surface area contributed by atoms with Crippen LogP contribution in [0.3, 0.4) is 0 Å². The van der Waals surface area contributed by atoms with Gasteiger partial charge in [0.15, 0.2) is 0 Å². The molecule has 0 aliphatic heterocycles. The van der Waals surface area contributed by atoms with E-state index < -0.39 is 0 Å². The van der Waals surface area contributed by atoms with Crippen LogP contribution in [0.4, 0.5) is 0 Å². The van der Waals surface area contributed by atoms with Crippen LogP contribution in [0.1, 0.15) is 0 Å². The van der Waals surface area contributed by atoms with Crippen LogP contribution in [-0.4, -0.2) is 23.9 Å². The molecule has 0 unspecified atom stereocenters. The van der Waals surface area contributed by atoms with Gasteiger partial charge in [0.25, 0.3) is 0 Å². The zero-order valence-electron chi connectivity index (χ0n) is 11.4. The summed E-state index contributed by atoms with van der Waals surface area (Å²) >= 11 is 0. The number of benzene rings is 1. The van der Waals surface area contributed by atoms with Crippen LogP contribution in [0, 0.1) is 0 Å². The monoisotopic (exact) mass is 273 g/mol. The molecule has 5 aromatic rings. The van der Waals surface area contributed by atoms with Crippen molar-refractivity contribution in [3.63, 3.8) is 0 Å². The van der Waals surface area contributed by atoms with Gasteiger partial charge in [-0.1, -0.05) is 0 Å². The maximum Gasteiger partial charge on any atom is 0.146 e. The standard InChI is InChI=1S/C16H11N5/c1-20-9-19-13-7-12-11(8-14(13)20)10-3-2-4-17-15(10)21-6-5-18-16(12)21/h2-9H,1H3. The van der Waals surface area contributed by atoms with E-state index in [9.17, 15) is 0 Å². The van der Waals surface area contributed by atoms with Crippen LogP contribution < -0.4 is 0 Å². The first-order valence-electron chi connectivity index (χ1n) is 6.77. The summed E-state index contributed by atoms with van der Waals surface area (Å²) in [6.45, 7) is 0. The predicted molar refractivity (Wildman–Crippen MR) is 82.3 cm³/mol. The first-order chi connectivity index (χ1) is 10.3. The molecule has 0 saturated carbocycles. The fourth-order valence-electron chi connectivity index (χ4n) is 3.05. The second kappa shape index (κ2) is 3.58. The van der Waals surface area contributed by atoms with Crippen molar-refractivity contribution in [1.82, 2.24) is 23.9 Å². The van der Waals surface area contributed by atoms with Crippen LogP contribution >= 0.6 is 0 Å². The molecule has 100 valence electrons. The molecular weight excluding hydrogens is 262 g/mol. The maximum absolute atomic E-state index is 4.52. The van der Waals surface area contributed by atoms with Crippen LogP contribution in [0.25, 0.3) is 38.5 Å². The van der Waals surface area contributed by atoms with Gasteiger partial charge in [0.1, 0.15) is 11.3 Å². The first-order valence-corrected chi connectivity index (χ1v) is 6.77. The van der Waals surface area contributed by atoms with E-state index in [1.807, 2.05) is 47.0 Å². The summed E-state index contributed by atoms with van der Waals surface area (Å²) in [5, 5.41) is 3.39. The van der Waals surface area contributed by atoms with Gasteiger partial charge in [-0.05, 0) is 29.7 Å². The maximum atomic E-state index is 4.52. The SMILES string of the molecule is Cn1cnc2cc3c(cc21)c1cccnc1n1ccnc31. The summed E-state index contributed by atoms with van der Waals surface area (Å²) in [4.78, 5) is 13.5. The quantitative estimate of drug-likeness (QED) is 0.408. The van der Waals surface area contributed by atoms with Crippen molar-refractivity contribution >= 4 is 38.5 Å². The fourth-order valence-corrected chi connectivity index (χ4v) is 3.05. The molecule has 0 radical (unpaired) electrons. The van der Waals surface area contributed by atoms with E-state index in [1.54, 1.807) is 0 Å². The molecule has 0 aliphatic rings. The van der Waals surface area contributed by atoms with E-state index in [0.29, 0.717) is 0 Å². The highest BCUT2D eigenvalue weighted by molar-refractivity contribution is 6.14. The molecule has 4 heterocycles. The number of aryl methyl sites for hydroxylation is 1. The van der Waals surface area contributed by atoms with E-state index in [-0.39, 0.29) is 0 Å². The average Bonchev–Trinajstić information content (AvgIpc) is 3.14. The molecule has 21 heavy (non-hydrogen) atoms. The minimum absolute atomic E-state index is 0.920. The fraction of sp³-hybridized carbons (Fsp3) is 0.0625. The summed E-state index contributed by atoms with van der Waals surface area (Å²) < 4.78 is 4.07. The van der Waals surface area contributed by atoms with Gasteiger partial charge in [-0.25, -0.2) is 15.0 Å². The lowest BCUT2D eigenvalue weighted by atomic mass is 10.1. The van der Waals surface area contributed by atoms with Crippen molar-refractivity contribution in [2.24, 2.45) is 7.05 Å². The van der Waals surface area contributed by atoms with Gasteiger partial charge in [0.05, 0.1) is 17.4 Å². The second-order valence-corrected chi connectivity index (χ2v) is 5.24. The Hall–Kier alpha value is -2.95. The molecule has 5 heteroatoms. The smallest absolute Gasteiger partial charge is 0.146 e. The Morgan fingerprint density at radius 2 is 1.76 bits per heavy atom. The molecule has 0 amide bonds. The lowest BCUT2D eigenvalue weighted by Gasteiger charge is -2.07. The predicted octanol–water partition coefficient (Wildman–Crippen LogP) is 2.92. The molecular formula is C16H11N5. The Kier molecular flexibility index (Phi) is 1.84. The van der Waals surface area contributed by atoms with E-state index in [1.165, 1.54) is 0 Å². The Labute approximate surface area is 119 Å². The Bertz CT molecular complexity index is 1150. The van der Waals surface area contributed by atoms with Gasteiger partial charge in [-0.3, -0.25) is 4.40 Å². The first kappa shape index (κ1) is 10.8. The summed E-state index contributed by atoms with van der Waals surface area (Å²) in [5.41, 5.74) is 3.95. The Morgan fingerprint density at radius 1 is 0.905 bits per heavy atom. The highest BCUT2D eigenvalue weighted by Gasteiger charge is 2.12. The van der Waals surface area contributed by atoms with Crippen LogP contribution in [0.5, 0.6) is 0 Å². The highest BCUT2D eigenvalue weighted by Crippen LogP contribution is 2.30. The van der Waals surface area contributed by atoms with Crippen molar-refractivity contribution < 1.29 is 0 Å². The topological polar surface area (TPSA) is 48.0 Å². The van der Waals surface area contributed by atoms with E-state index in [2.05, 4.69) is 33.2 Å². The molecule has 5 rings (SSSR count). The van der Waals surface area contributed by atoms with Crippen LogP contribution in [0.15, 0.2) is 49.2 Å². The van der Waals surface area contributed by atoms with Gasteiger partial charge in [-0.2, -0.15) is 0 Å². The van der Waals surface area contributed by atoms with Crippen LogP contribution in [0.2, 0.25) is 0 Å². The van der Waals surface area contributed by atoms with Crippen molar-refractivity contribution in [2.75, 3.05) is 0 Å². The lowest BCUT2D eigenvalue weighted by molar-refractivity contribution is 0.948. The van der Waals surface area contributed by atoms with Gasteiger partial charge >= 0.3 is 0 Å². The normalized spacial score (nSPS) is 12.0. The van der Waals surface area contributed by atoms with Gasteiger partial charge in [0, 0.05) is 36.4 Å². The number of nitrogens with zero attached hydrogens (tertiary/aromatic N) is 5. The van der Waals surface area contributed by atoms with Crippen LogP contribution in [-0.2, 0) is 7.05 Å². The number of hydrogen-bond donors (Lipinski definition) is 0. The summed E-state index contributed by atoms with van der Waals surface area (Å²) in [6, 6.07) is 8.36. The molecule has 0 fully saturated rings. The molecule has 0 aliphatic carbocycles. The molecule has 0 spiro atoms. The minimum atomic E-state index is 0.920. The molecule has 0 N–H and O–H groups in total. The van der Waals surface area contributed by atoms with E-state index in [0.717, 1.165) is 38.5 Å². The average molecular weight is 273 g/mol. The Balaban J connectivity index is 2.19.